The molecule has 158 valence electrons. The Morgan fingerprint density at radius 1 is 1.10 bits per heavy atom. The summed E-state index contributed by atoms with van der Waals surface area (Å²) >= 11 is 1.66. The Bertz CT molecular complexity index is 996. The van der Waals surface area contributed by atoms with Crippen molar-refractivity contribution in [2.24, 2.45) is 0 Å². The minimum atomic E-state index is 0.00291. The minimum absolute atomic E-state index is 0.00291. The summed E-state index contributed by atoms with van der Waals surface area (Å²) in [5.74, 6) is 2.72. The molecule has 1 N–H and O–H groups in total. The highest BCUT2D eigenvalue weighted by molar-refractivity contribution is 7.16. The Balaban J connectivity index is 1.32. The summed E-state index contributed by atoms with van der Waals surface area (Å²) in [5.41, 5.74) is 0.787. The molecule has 0 spiro atoms. The molecule has 1 saturated heterocycles. The largest absolute Gasteiger partial charge is 0.494 e. The molecule has 0 atom stereocenters. The number of ether oxygens (including phenoxy) is 1. The van der Waals surface area contributed by atoms with Crippen molar-refractivity contribution in [1.82, 2.24) is 14.9 Å². The average molecular weight is 426 g/mol. The van der Waals surface area contributed by atoms with Crippen LogP contribution >= 0.6 is 11.3 Å². The number of hydrogen-bond donors (Lipinski definition) is 1. The molecule has 1 fully saturated rings. The predicted octanol–water partition coefficient (Wildman–Crippen LogP) is 3.41. The van der Waals surface area contributed by atoms with E-state index in [9.17, 15) is 4.79 Å². The topological polar surface area (TPSA) is 70.6 Å². The van der Waals surface area contributed by atoms with E-state index in [0.29, 0.717) is 13.2 Å². The highest BCUT2D eigenvalue weighted by Crippen LogP contribution is 2.28. The number of fused-ring (bicyclic) bond motifs is 1. The number of amides is 1. The number of hydrogen-bond acceptors (Lipinski definition) is 7. The summed E-state index contributed by atoms with van der Waals surface area (Å²) in [6.45, 7) is 8.40. The van der Waals surface area contributed by atoms with Gasteiger partial charge in [-0.15, -0.1) is 11.3 Å². The standard InChI is InChI=1S/C22H27N5O2S/c1-3-19-24-21(18-9-14-30-22(18)25-19)27-12-10-26(11-13-27)15-20(28)23-16-5-7-17(8-6-16)29-4-2/h5-9,14H,3-4,10-13,15H2,1-2H3,(H,23,28). The van der Waals surface area contributed by atoms with E-state index in [-0.39, 0.29) is 5.91 Å². The van der Waals surface area contributed by atoms with Crippen molar-refractivity contribution in [2.45, 2.75) is 20.3 Å². The highest BCUT2D eigenvalue weighted by atomic mass is 32.1. The van der Waals surface area contributed by atoms with E-state index in [1.807, 2.05) is 31.2 Å². The van der Waals surface area contributed by atoms with Crippen LogP contribution in [-0.2, 0) is 11.2 Å². The lowest BCUT2D eigenvalue weighted by molar-refractivity contribution is -0.117. The number of carbonyl (C=O) groups is 1. The zero-order valence-corrected chi connectivity index (χ0v) is 18.2. The number of rotatable bonds is 7. The lowest BCUT2D eigenvalue weighted by atomic mass is 10.2. The van der Waals surface area contributed by atoms with Gasteiger partial charge in [0.05, 0.1) is 18.5 Å². The van der Waals surface area contributed by atoms with Crippen LogP contribution in [0, 0.1) is 0 Å². The maximum absolute atomic E-state index is 12.4. The van der Waals surface area contributed by atoms with Gasteiger partial charge in [-0.1, -0.05) is 6.92 Å². The smallest absolute Gasteiger partial charge is 0.238 e. The van der Waals surface area contributed by atoms with E-state index in [1.54, 1.807) is 11.3 Å². The molecule has 1 aromatic carbocycles. The van der Waals surface area contributed by atoms with E-state index in [2.05, 4.69) is 38.5 Å². The molecule has 0 unspecified atom stereocenters. The number of piperazine rings is 1. The summed E-state index contributed by atoms with van der Waals surface area (Å²) in [7, 11) is 0. The SMILES string of the molecule is CCOc1ccc(NC(=O)CN2CCN(c3nc(CC)nc4sccc34)CC2)cc1. The molecule has 8 heteroatoms. The average Bonchev–Trinajstić information content (AvgIpc) is 3.24. The van der Waals surface area contributed by atoms with Gasteiger partial charge in [0, 0.05) is 38.3 Å². The Hall–Kier alpha value is -2.71. The number of nitrogens with one attached hydrogen (secondary N) is 1. The van der Waals surface area contributed by atoms with E-state index in [1.165, 1.54) is 0 Å². The highest BCUT2D eigenvalue weighted by Gasteiger charge is 2.22. The second-order valence-corrected chi connectivity index (χ2v) is 8.12. The summed E-state index contributed by atoms with van der Waals surface area (Å²) in [4.78, 5) is 27.4. The van der Waals surface area contributed by atoms with Crippen molar-refractivity contribution in [2.75, 3.05) is 49.5 Å². The van der Waals surface area contributed by atoms with Gasteiger partial charge in [0.25, 0.3) is 0 Å². The van der Waals surface area contributed by atoms with Crippen LogP contribution in [0.2, 0.25) is 0 Å². The number of nitrogens with zero attached hydrogens (tertiary/aromatic N) is 4. The second kappa shape index (κ2) is 9.40. The number of carbonyl (C=O) groups excluding carboxylic acids is 1. The number of aryl methyl sites for hydroxylation is 1. The third kappa shape index (κ3) is 4.71. The Morgan fingerprint density at radius 3 is 2.57 bits per heavy atom. The molecule has 0 bridgehead atoms. The molecular weight excluding hydrogens is 398 g/mol. The zero-order chi connectivity index (χ0) is 20.9. The minimum Gasteiger partial charge on any atom is -0.494 e. The first kappa shape index (κ1) is 20.6. The first-order valence-electron chi connectivity index (χ1n) is 10.4. The molecule has 3 aromatic rings. The van der Waals surface area contributed by atoms with Crippen molar-refractivity contribution in [3.05, 3.63) is 41.5 Å². The summed E-state index contributed by atoms with van der Waals surface area (Å²) < 4.78 is 5.44. The van der Waals surface area contributed by atoms with E-state index < -0.39 is 0 Å². The summed E-state index contributed by atoms with van der Waals surface area (Å²) in [5, 5.41) is 6.17. The molecule has 0 aliphatic carbocycles. The van der Waals surface area contributed by atoms with Crippen molar-refractivity contribution >= 4 is 39.0 Å². The van der Waals surface area contributed by atoms with E-state index in [4.69, 9.17) is 9.72 Å². The van der Waals surface area contributed by atoms with E-state index >= 15 is 0 Å². The molecular formula is C22H27N5O2S. The lowest BCUT2D eigenvalue weighted by Crippen LogP contribution is -2.49. The van der Waals surface area contributed by atoms with Crippen LogP contribution in [0.4, 0.5) is 11.5 Å². The van der Waals surface area contributed by atoms with Crippen molar-refractivity contribution < 1.29 is 9.53 Å². The van der Waals surface area contributed by atoms with Gasteiger partial charge in [0.15, 0.2) is 0 Å². The molecule has 0 radical (unpaired) electrons. The number of anilines is 2. The monoisotopic (exact) mass is 425 g/mol. The lowest BCUT2D eigenvalue weighted by Gasteiger charge is -2.35. The van der Waals surface area contributed by atoms with Gasteiger partial charge >= 0.3 is 0 Å². The Kier molecular flexibility index (Phi) is 6.44. The maximum atomic E-state index is 12.4. The summed E-state index contributed by atoms with van der Waals surface area (Å²) in [6.07, 6.45) is 0.826. The van der Waals surface area contributed by atoms with Gasteiger partial charge in [0.2, 0.25) is 5.91 Å². The fraction of sp³-hybridized carbons (Fsp3) is 0.409. The fourth-order valence-corrected chi connectivity index (χ4v) is 4.38. The molecule has 1 amide bonds. The van der Waals surface area contributed by atoms with Crippen LogP contribution in [-0.4, -0.2) is 60.1 Å². The molecule has 7 nitrogen and oxygen atoms in total. The normalized spacial score (nSPS) is 14.8. The number of aromatic nitrogens is 2. The van der Waals surface area contributed by atoms with Crippen molar-refractivity contribution in [3.63, 3.8) is 0 Å². The third-order valence-corrected chi connectivity index (χ3v) is 5.96. The predicted molar refractivity (Wildman–Crippen MR) is 122 cm³/mol. The Morgan fingerprint density at radius 2 is 1.87 bits per heavy atom. The molecule has 1 aliphatic heterocycles. The first-order chi connectivity index (χ1) is 14.7. The molecule has 3 heterocycles. The quantitative estimate of drug-likeness (QED) is 0.626. The second-order valence-electron chi connectivity index (χ2n) is 7.23. The van der Waals surface area contributed by atoms with Crippen LogP contribution in [0.25, 0.3) is 10.2 Å². The molecule has 1 aliphatic rings. The summed E-state index contributed by atoms with van der Waals surface area (Å²) in [6, 6.07) is 9.58. The fourth-order valence-electron chi connectivity index (χ4n) is 3.60. The van der Waals surface area contributed by atoms with Gasteiger partial charge < -0.3 is 15.0 Å². The van der Waals surface area contributed by atoms with Crippen LogP contribution in [0.5, 0.6) is 5.75 Å². The number of benzene rings is 1. The third-order valence-electron chi connectivity index (χ3n) is 5.16. The van der Waals surface area contributed by atoms with E-state index in [0.717, 1.165) is 65.9 Å². The van der Waals surface area contributed by atoms with Crippen LogP contribution in [0.3, 0.4) is 0 Å². The van der Waals surface area contributed by atoms with Crippen molar-refractivity contribution in [3.8, 4) is 5.75 Å². The van der Waals surface area contributed by atoms with Crippen LogP contribution in [0.1, 0.15) is 19.7 Å². The van der Waals surface area contributed by atoms with Crippen LogP contribution in [0.15, 0.2) is 35.7 Å². The Labute approximate surface area is 180 Å². The van der Waals surface area contributed by atoms with Gasteiger partial charge in [-0.3, -0.25) is 9.69 Å². The molecule has 30 heavy (non-hydrogen) atoms. The van der Waals surface area contributed by atoms with Gasteiger partial charge in [-0.05, 0) is 42.6 Å². The van der Waals surface area contributed by atoms with Gasteiger partial charge in [-0.25, -0.2) is 9.97 Å². The first-order valence-corrected chi connectivity index (χ1v) is 11.3. The number of thiophene rings is 1. The maximum Gasteiger partial charge on any atom is 0.238 e. The zero-order valence-electron chi connectivity index (χ0n) is 17.4. The van der Waals surface area contributed by atoms with Crippen LogP contribution < -0.4 is 15.0 Å². The van der Waals surface area contributed by atoms with Gasteiger partial charge in [-0.2, -0.15) is 0 Å². The van der Waals surface area contributed by atoms with Gasteiger partial charge in [0.1, 0.15) is 22.2 Å². The van der Waals surface area contributed by atoms with Crippen molar-refractivity contribution in [1.29, 1.82) is 0 Å². The molecule has 2 aromatic heterocycles. The molecule has 4 rings (SSSR count). The molecule has 0 saturated carbocycles.